The van der Waals surface area contributed by atoms with Gasteiger partial charge >= 0.3 is 0 Å². The highest BCUT2D eigenvalue weighted by molar-refractivity contribution is 6.00. The van der Waals surface area contributed by atoms with Gasteiger partial charge in [-0.25, -0.2) is 0 Å². The molecule has 1 aliphatic carbocycles. The van der Waals surface area contributed by atoms with Gasteiger partial charge in [0.2, 0.25) is 12.7 Å². The van der Waals surface area contributed by atoms with E-state index in [1.165, 1.54) is 0 Å². The monoisotopic (exact) mass is 311 g/mol. The Labute approximate surface area is 134 Å². The van der Waals surface area contributed by atoms with Crippen molar-refractivity contribution in [2.24, 2.45) is 0 Å². The van der Waals surface area contributed by atoms with Gasteiger partial charge < -0.3 is 14.4 Å². The number of rotatable bonds is 0. The lowest BCUT2D eigenvalue weighted by molar-refractivity contribution is -0.129. The molecule has 4 rings (SSSR count). The SMILES string of the molecule is CC(=O)N1CCC2(C=CC(=O)C=C2)c2ccc3c(c2C1)OCO3. The van der Waals surface area contributed by atoms with Crippen molar-refractivity contribution in [3.63, 3.8) is 0 Å². The van der Waals surface area contributed by atoms with Crippen LogP contribution in [0.1, 0.15) is 24.5 Å². The van der Waals surface area contributed by atoms with Crippen LogP contribution in [-0.4, -0.2) is 29.9 Å². The van der Waals surface area contributed by atoms with E-state index in [0.29, 0.717) is 24.6 Å². The second-order valence-electron chi connectivity index (χ2n) is 6.13. The summed E-state index contributed by atoms with van der Waals surface area (Å²) in [6.07, 6.45) is 7.84. The molecule has 1 spiro atoms. The quantitative estimate of drug-likeness (QED) is 0.736. The number of ether oxygens (including phenoxy) is 2. The molecule has 2 heterocycles. The summed E-state index contributed by atoms with van der Waals surface area (Å²) in [5.74, 6) is 1.45. The van der Waals surface area contributed by atoms with Crippen LogP contribution in [0.25, 0.3) is 0 Å². The van der Waals surface area contributed by atoms with Gasteiger partial charge in [0.05, 0.1) is 0 Å². The Morgan fingerprint density at radius 1 is 1.22 bits per heavy atom. The second-order valence-corrected chi connectivity index (χ2v) is 6.13. The Hall–Kier alpha value is -2.56. The van der Waals surface area contributed by atoms with Crippen molar-refractivity contribution in [2.45, 2.75) is 25.3 Å². The van der Waals surface area contributed by atoms with Crippen molar-refractivity contribution < 1.29 is 19.1 Å². The number of amides is 1. The first-order valence-electron chi connectivity index (χ1n) is 7.69. The normalized spacial score (nSPS) is 20.6. The lowest BCUT2D eigenvalue weighted by Gasteiger charge is -2.29. The van der Waals surface area contributed by atoms with Crippen LogP contribution >= 0.6 is 0 Å². The van der Waals surface area contributed by atoms with Crippen LogP contribution in [0.15, 0.2) is 36.4 Å². The van der Waals surface area contributed by atoms with Gasteiger partial charge in [-0.3, -0.25) is 9.59 Å². The van der Waals surface area contributed by atoms with Crippen molar-refractivity contribution in [3.05, 3.63) is 47.6 Å². The summed E-state index contributed by atoms with van der Waals surface area (Å²) >= 11 is 0. The van der Waals surface area contributed by atoms with Crippen LogP contribution < -0.4 is 9.47 Å². The number of benzene rings is 1. The minimum Gasteiger partial charge on any atom is -0.454 e. The smallest absolute Gasteiger partial charge is 0.231 e. The summed E-state index contributed by atoms with van der Waals surface area (Å²) < 4.78 is 11.1. The second kappa shape index (κ2) is 4.98. The fraction of sp³-hybridized carbons (Fsp3) is 0.333. The highest BCUT2D eigenvalue weighted by Gasteiger charge is 2.38. The predicted molar refractivity (Wildman–Crippen MR) is 83.2 cm³/mol. The van der Waals surface area contributed by atoms with E-state index in [9.17, 15) is 9.59 Å². The molecule has 0 bridgehead atoms. The Kier molecular flexibility index (Phi) is 3.04. The van der Waals surface area contributed by atoms with Crippen LogP contribution in [-0.2, 0) is 21.5 Å². The maximum absolute atomic E-state index is 11.9. The number of allylic oxidation sites excluding steroid dienone is 4. The third kappa shape index (κ3) is 2.15. The van der Waals surface area contributed by atoms with E-state index >= 15 is 0 Å². The Morgan fingerprint density at radius 3 is 2.74 bits per heavy atom. The van der Waals surface area contributed by atoms with E-state index in [4.69, 9.17) is 9.47 Å². The van der Waals surface area contributed by atoms with E-state index in [0.717, 1.165) is 17.5 Å². The fourth-order valence-corrected chi connectivity index (χ4v) is 3.54. The van der Waals surface area contributed by atoms with Gasteiger partial charge in [-0.1, -0.05) is 18.2 Å². The molecule has 118 valence electrons. The predicted octanol–water partition coefficient (Wildman–Crippen LogP) is 2.10. The Morgan fingerprint density at radius 2 is 2.00 bits per heavy atom. The van der Waals surface area contributed by atoms with E-state index in [2.05, 4.69) is 0 Å². The maximum Gasteiger partial charge on any atom is 0.231 e. The molecule has 0 fully saturated rings. The van der Waals surface area contributed by atoms with Gasteiger partial charge in [-0.05, 0) is 30.2 Å². The number of hydrogen-bond donors (Lipinski definition) is 0. The Bertz CT molecular complexity index is 747. The van der Waals surface area contributed by atoms with Gasteiger partial charge in [-0.15, -0.1) is 0 Å². The molecule has 3 aliphatic rings. The molecular weight excluding hydrogens is 294 g/mol. The van der Waals surface area contributed by atoms with E-state index < -0.39 is 0 Å². The zero-order chi connectivity index (χ0) is 16.0. The number of hydrogen-bond acceptors (Lipinski definition) is 4. The van der Waals surface area contributed by atoms with Gasteiger partial charge in [0.15, 0.2) is 17.3 Å². The standard InChI is InChI=1S/C18H17NO4/c1-12(20)19-9-8-18(6-4-13(21)5-7-18)15-2-3-16-17(14(15)10-19)23-11-22-16/h2-7H,8-11H2,1H3. The van der Waals surface area contributed by atoms with Crippen LogP contribution in [0.2, 0.25) is 0 Å². The highest BCUT2D eigenvalue weighted by Crippen LogP contribution is 2.46. The van der Waals surface area contributed by atoms with Crippen LogP contribution in [0.5, 0.6) is 11.5 Å². The lowest BCUT2D eigenvalue weighted by atomic mass is 9.73. The molecule has 2 aliphatic heterocycles. The van der Waals surface area contributed by atoms with Gasteiger partial charge in [0.1, 0.15) is 0 Å². The molecule has 5 heteroatoms. The van der Waals surface area contributed by atoms with Crippen molar-refractivity contribution in [3.8, 4) is 11.5 Å². The number of fused-ring (bicyclic) bond motifs is 4. The summed E-state index contributed by atoms with van der Waals surface area (Å²) in [7, 11) is 0. The molecule has 1 aromatic rings. The number of carbonyl (C=O) groups is 2. The van der Waals surface area contributed by atoms with Crippen LogP contribution in [0.4, 0.5) is 0 Å². The first-order chi connectivity index (χ1) is 11.1. The number of nitrogens with zero attached hydrogens (tertiary/aromatic N) is 1. The molecule has 0 saturated carbocycles. The molecule has 0 radical (unpaired) electrons. The molecule has 0 atom stereocenters. The topological polar surface area (TPSA) is 55.8 Å². The van der Waals surface area contributed by atoms with Crippen molar-refractivity contribution >= 4 is 11.7 Å². The fourth-order valence-electron chi connectivity index (χ4n) is 3.54. The van der Waals surface area contributed by atoms with Gasteiger partial charge in [-0.2, -0.15) is 0 Å². The molecule has 0 unspecified atom stereocenters. The third-order valence-corrected chi connectivity index (χ3v) is 4.82. The molecule has 0 aromatic heterocycles. The van der Waals surface area contributed by atoms with Crippen LogP contribution in [0.3, 0.4) is 0 Å². The van der Waals surface area contributed by atoms with Gasteiger partial charge in [0, 0.05) is 31.0 Å². The minimum absolute atomic E-state index is 0.00871. The minimum atomic E-state index is -0.381. The van der Waals surface area contributed by atoms with E-state index in [1.807, 2.05) is 29.2 Å². The van der Waals surface area contributed by atoms with Crippen molar-refractivity contribution in [2.75, 3.05) is 13.3 Å². The average molecular weight is 311 g/mol. The molecule has 23 heavy (non-hydrogen) atoms. The number of carbonyl (C=O) groups excluding carboxylic acids is 2. The summed E-state index contributed by atoms with van der Waals surface area (Å²) in [6, 6.07) is 3.93. The largest absolute Gasteiger partial charge is 0.454 e. The van der Waals surface area contributed by atoms with E-state index in [-0.39, 0.29) is 23.9 Å². The zero-order valence-corrected chi connectivity index (χ0v) is 12.9. The summed E-state index contributed by atoms with van der Waals surface area (Å²) in [5.41, 5.74) is 1.66. The summed E-state index contributed by atoms with van der Waals surface area (Å²) in [5, 5.41) is 0. The molecule has 1 aromatic carbocycles. The molecule has 1 amide bonds. The number of ketones is 1. The first kappa shape index (κ1) is 14.1. The maximum atomic E-state index is 11.9. The molecule has 0 saturated heterocycles. The zero-order valence-electron chi connectivity index (χ0n) is 12.9. The average Bonchev–Trinajstić information content (AvgIpc) is 2.96. The first-order valence-corrected chi connectivity index (χ1v) is 7.69. The van der Waals surface area contributed by atoms with E-state index in [1.54, 1.807) is 19.1 Å². The summed E-state index contributed by atoms with van der Waals surface area (Å²) in [4.78, 5) is 25.3. The molecule has 5 nitrogen and oxygen atoms in total. The molecule has 0 N–H and O–H groups in total. The molecular formula is C18H17NO4. The lowest BCUT2D eigenvalue weighted by Crippen LogP contribution is -2.30. The van der Waals surface area contributed by atoms with Gasteiger partial charge in [0.25, 0.3) is 0 Å². The third-order valence-electron chi connectivity index (χ3n) is 4.82. The van der Waals surface area contributed by atoms with Crippen molar-refractivity contribution in [1.29, 1.82) is 0 Å². The highest BCUT2D eigenvalue weighted by atomic mass is 16.7. The summed E-state index contributed by atoms with van der Waals surface area (Å²) in [6.45, 7) is 2.90. The Balaban J connectivity index is 1.90. The van der Waals surface area contributed by atoms with Crippen molar-refractivity contribution in [1.82, 2.24) is 4.90 Å². The van der Waals surface area contributed by atoms with Crippen LogP contribution in [0, 0.1) is 0 Å².